The third-order valence-electron chi connectivity index (χ3n) is 4.79. The van der Waals surface area contributed by atoms with Crippen molar-refractivity contribution in [2.75, 3.05) is 5.32 Å². The molecule has 1 unspecified atom stereocenters. The molecule has 4 nitrogen and oxygen atoms in total. The van der Waals surface area contributed by atoms with E-state index in [0.29, 0.717) is 17.2 Å². The van der Waals surface area contributed by atoms with E-state index in [1.165, 1.54) is 36.4 Å². The van der Waals surface area contributed by atoms with Gasteiger partial charge < -0.3 is 11.1 Å². The fourth-order valence-corrected chi connectivity index (χ4v) is 3.17. The Bertz CT molecular complexity index is 1120. The molecular weight excluding hydrogens is 410 g/mol. The molecule has 1 amide bonds. The fourth-order valence-electron chi connectivity index (χ4n) is 3.17. The number of amides is 1. The molecule has 8 heteroatoms. The summed E-state index contributed by atoms with van der Waals surface area (Å²) in [5.74, 6) is -1.20. The Morgan fingerprint density at radius 2 is 1.65 bits per heavy atom. The van der Waals surface area contributed by atoms with Gasteiger partial charge in [-0.3, -0.25) is 4.79 Å². The van der Waals surface area contributed by atoms with Gasteiger partial charge in [0.05, 0.1) is 17.2 Å². The van der Waals surface area contributed by atoms with E-state index in [1.54, 1.807) is 30.3 Å². The lowest BCUT2D eigenvalue weighted by Gasteiger charge is -2.29. The van der Waals surface area contributed by atoms with Crippen molar-refractivity contribution in [2.45, 2.75) is 18.1 Å². The van der Waals surface area contributed by atoms with Crippen LogP contribution in [0.15, 0.2) is 72.8 Å². The zero-order valence-electron chi connectivity index (χ0n) is 16.1. The first-order valence-electron chi connectivity index (χ1n) is 9.15. The number of hydrogen-bond acceptors (Lipinski definition) is 3. The molecule has 3 rings (SSSR count). The first kappa shape index (κ1) is 22.0. The summed E-state index contributed by atoms with van der Waals surface area (Å²) < 4.78 is 53.0. The van der Waals surface area contributed by atoms with Crippen LogP contribution in [0.2, 0.25) is 0 Å². The van der Waals surface area contributed by atoms with Crippen molar-refractivity contribution in [2.24, 2.45) is 5.73 Å². The molecule has 3 N–H and O–H groups in total. The van der Waals surface area contributed by atoms with Crippen molar-refractivity contribution in [3.05, 3.63) is 101 Å². The second-order valence-corrected chi connectivity index (χ2v) is 6.96. The number of halogens is 4. The predicted octanol–water partition coefficient (Wildman–Crippen LogP) is 4.75. The molecule has 0 saturated carbocycles. The molecule has 0 aliphatic carbocycles. The van der Waals surface area contributed by atoms with Crippen molar-refractivity contribution in [1.82, 2.24) is 0 Å². The Labute approximate surface area is 175 Å². The van der Waals surface area contributed by atoms with Crippen molar-refractivity contribution >= 4 is 11.6 Å². The van der Waals surface area contributed by atoms with Gasteiger partial charge in [-0.15, -0.1) is 0 Å². The lowest BCUT2D eigenvalue weighted by atomic mass is 9.83. The van der Waals surface area contributed by atoms with E-state index in [4.69, 9.17) is 11.0 Å². The number of carbonyl (C=O) groups is 1. The van der Waals surface area contributed by atoms with Gasteiger partial charge in [0.2, 0.25) is 5.91 Å². The third kappa shape index (κ3) is 4.90. The molecular formula is C23H17F4N3O. The summed E-state index contributed by atoms with van der Waals surface area (Å²) in [6, 6.07) is 18.1. The van der Waals surface area contributed by atoms with Crippen LogP contribution in [0.1, 0.15) is 22.3 Å². The van der Waals surface area contributed by atoms with Crippen LogP contribution in [0.5, 0.6) is 0 Å². The van der Waals surface area contributed by atoms with E-state index in [0.717, 1.165) is 6.07 Å². The average Bonchev–Trinajstić information content (AvgIpc) is 2.75. The smallest absolute Gasteiger partial charge is 0.324 e. The highest BCUT2D eigenvalue weighted by Crippen LogP contribution is 2.34. The average molecular weight is 427 g/mol. The summed E-state index contributed by atoms with van der Waals surface area (Å²) in [6.07, 6.45) is -4.79. The van der Waals surface area contributed by atoms with Gasteiger partial charge >= 0.3 is 6.18 Å². The van der Waals surface area contributed by atoms with Gasteiger partial charge in [-0.2, -0.15) is 18.4 Å². The quantitative estimate of drug-likeness (QED) is 0.577. The van der Waals surface area contributed by atoms with Crippen molar-refractivity contribution in [3.8, 4) is 6.07 Å². The number of nitrogens with two attached hydrogens (primary N) is 1. The molecule has 3 aromatic carbocycles. The maximum Gasteiger partial charge on any atom is 0.417 e. The van der Waals surface area contributed by atoms with Crippen LogP contribution in [0, 0.1) is 17.1 Å². The molecule has 0 aliphatic heterocycles. The van der Waals surface area contributed by atoms with Crippen LogP contribution in [0.4, 0.5) is 23.2 Å². The minimum absolute atomic E-state index is 0.0223. The summed E-state index contributed by atoms with van der Waals surface area (Å²) in [5.41, 5.74) is 3.97. The van der Waals surface area contributed by atoms with E-state index in [-0.39, 0.29) is 12.1 Å². The van der Waals surface area contributed by atoms with Crippen LogP contribution >= 0.6 is 0 Å². The minimum Gasteiger partial charge on any atom is -0.324 e. The normalized spacial score (nSPS) is 13.2. The van der Waals surface area contributed by atoms with Gasteiger partial charge in [0.1, 0.15) is 11.4 Å². The predicted molar refractivity (Wildman–Crippen MR) is 107 cm³/mol. The van der Waals surface area contributed by atoms with E-state index in [1.807, 2.05) is 0 Å². The molecule has 0 fully saturated rings. The summed E-state index contributed by atoms with van der Waals surface area (Å²) in [5, 5.41) is 11.4. The topological polar surface area (TPSA) is 78.9 Å². The first-order valence-corrected chi connectivity index (χ1v) is 9.15. The Morgan fingerprint density at radius 1 is 1.00 bits per heavy atom. The van der Waals surface area contributed by atoms with Gasteiger partial charge in [-0.1, -0.05) is 42.5 Å². The van der Waals surface area contributed by atoms with Crippen molar-refractivity contribution in [3.63, 3.8) is 0 Å². The second kappa shape index (κ2) is 8.58. The van der Waals surface area contributed by atoms with Gasteiger partial charge in [0.25, 0.3) is 0 Å². The zero-order valence-corrected chi connectivity index (χ0v) is 16.1. The minimum atomic E-state index is -4.76. The number of hydrogen-bond donors (Lipinski definition) is 2. The number of anilines is 1. The van der Waals surface area contributed by atoms with Crippen LogP contribution in [0.25, 0.3) is 0 Å². The fraction of sp³-hybridized carbons (Fsp3) is 0.130. The number of nitrogens with one attached hydrogen (secondary N) is 1. The molecule has 158 valence electrons. The molecule has 31 heavy (non-hydrogen) atoms. The van der Waals surface area contributed by atoms with E-state index >= 15 is 0 Å². The highest BCUT2D eigenvalue weighted by molar-refractivity contribution is 5.99. The van der Waals surface area contributed by atoms with Crippen LogP contribution in [-0.4, -0.2) is 5.91 Å². The van der Waals surface area contributed by atoms with Crippen LogP contribution < -0.4 is 11.1 Å². The van der Waals surface area contributed by atoms with Gasteiger partial charge in [0.15, 0.2) is 0 Å². The summed E-state index contributed by atoms with van der Waals surface area (Å²) >= 11 is 0. The second-order valence-electron chi connectivity index (χ2n) is 6.96. The number of nitrogens with zero attached hydrogens (tertiary/aromatic N) is 1. The molecule has 0 heterocycles. The standard InChI is InChI=1S/C23H17F4N3O/c24-18-9-6-15(7-10-18)13-22(29,17-4-2-1-3-5-17)21(31)30-19-11-8-16(14-28)20(12-19)23(25,26)27/h1-12H,13,29H2,(H,30,31). The molecule has 0 aliphatic rings. The molecule has 0 spiro atoms. The number of alkyl halides is 3. The molecule has 0 aromatic heterocycles. The molecule has 3 aromatic rings. The SMILES string of the molecule is N#Cc1ccc(NC(=O)C(N)(Cc2ccc(F)cc2)c2ccccc2)cc1C(F)(F)F. The Balaban J connectivity index is 1.98. The maximum atomic E-state index is 13.3. The van der Waals surface area contributed by atoms with E-state index < -0.39 is 34.6 Å². The van der Waals surface area contributed by atoms with Gasteiger partial charge in [-0.25, -0.2) is 4.39 Å². The highest BCUT2D eigenvalue weighted by Gasteiger charge is 2.37. The number of carbonyl (C=O) groups excluding carboxylic acids is 1. The Kier molecular flexibility index (Phi) is 6.09. The third-order valence-corrected chi connectivity index (χ3v) is 4.79. The van der Waals surface area contributed by atoms with Crippen LogP contribution in [0.3, 0.4) is 0 Å². The van der Waals surface area contributed by atoms with Crippen LogP contribution in [-0.2, 0) is 22.9 Å². The Hall–Kier alpha value is -3.70. The van der Waals surface area contributed by atoms with Gasteiger partial charge in [0, 0.05) is 12.1 Å². The lowest BCUT2D eigenvalue weighted by Crippen LogP contribution is -2.50. The van der Waals surface area contributed by atoms with E-state index in [9.17, 15) is 22.4 Å². The Morgan fingerprint density at radius 3 is 2.23 bits per heavy atom. The number of nitriles is 1. The zero-order chi connectivity index (χ0) is 22.6. The molecule has 0 radical (unpaired) electrons. The number of benzene rings is 3. The molecule has 0 saturated heterocycles. The van der Waals surface area contributed by atoms with E-state index in [2.05, 4.69) is 5.32 Å². The van der Waals surface area contributed by atoms with Gasteiger partial charge in [-0.05, 0) is 41.5 Å². The summed E-state index contributed by atoms with van der Waals surface area (Å²) in [6.45, 7) is 0. The number of rotatable bonds is 5. The lowest BCUT2D eigenvalue weighted by molar-refractivity contribution is -0.137. The molecule has 0 bridgehead atoms. The summed E-state index contributed by atoms with van der Waals surface area (Å²) in [7, 11) is 0. The molecule has 1 atom stereocenters. The largest absolute Gasteiger partial charge is 0.417 e. The summed E-state index contributed by atoms with van der Waals surface area (Å²) in [4.78, 5) is 13.2. The first-order chi connectivity index (χ1) is 14.6. The van der Waals surface area contributed by atoms with Crippen molar-refractivity contribution < 1.29 is 22.4 Å². The highest BCUT2D eigenvalue weighted by atomic mass is 19.4. The maximum absolute atomic E-state index is 13.3. The van der Waals surface area contributed by atoms with Crippen molar-refractivity contribution in [1.29, 1.82) is 5.26 Å². The monoisotopic (exact) mass is 427 g/mol.